The van der Waals surface area contributed by atoms with Gasteiger partial charge in [-0.1, -0.05) is 18.6 Å². The van der Waals surface area contributed by atoms with Gasteiger partial charge in [0.05, 0.1) is 6.54 Å². The Morgan fingerprint density at radius 1 is 1.75 bits per heavy atom. The molecule has 8 heavy (non-hydrogen) atoms. The Hall–Kier alpha value is -0.590. The second-order valence-corrected chi connectivity index (χ2v) is 1.97. The molecule has 0 amide bonds. The van der Waals surface area contributed by atoms with Crippen molar-refractivity contribution < 1.29 is 0 Å². The molecule has 44 valence electrons. The largest absolute Gasteiger partial charge is 0.293 e. The highest BCUT2D eigenvalue weighted by molar-refractivity contribution is 5.62. The molecule has 0 radical (unpaired) electrons. The molecule has 1 nitrogen and oxygen atoms in total. The zero-order valence-corrected chi connectivity index (χ0v) is 5.22. The number of dihydropyridines is 1. The summed E-state index contributed by atoms with van der Waals surface area (Å²) in [5.74, 6) is 0. The van der Waals surface area contributed by atoms with Crippen molar-refractivity contribution in [1.29, 1.82) is 0 Å². The molecule has 0 N–H and O–H groups in total. The van der Waals surface area contributed by atoms with Crippen LogP contribution in [0, 0.1) is 0 Å². The van der Waals surface area contributed by atoms with Crippen molar-refractivity contribution in [3.63, 3.8) is 0 Å². The molecule has 0 unspecified atom stereocenters. The smallest absolute Gasteiger partial charge is 0.0569 e. The lowest BCUT2D eigenvalue weighted by atomic mass is 10.1. The van der Waals surface area contributed by atoms with Crippen LogP contribution in [-0.2, 0) is 0 Å². The van der Waals surface area contributed by atoms with E-state index in [4.69, 9.17) is 0 Å². The van der Waals surface area contributed by atoms with E-state index in [2.05, 4.69) is 18.0 Å². The Morgan fingerprint density at radius 3 is 3.00 bits per heavy atom. The molecule has 0 aromatic rings. The molecule has 1 heteroatoms. The van der Waals surface area contributed by atoms with Gasteiger partial charge in [0.2, 0.25) is 0 Å². The molecule has 1 heterocycles. The van der Waals surface area contributed by atoms with Crippen molar-refractivity contribution in [3.05, 3.63) is 11.6 Å². The lowest BCUT2D eigenvalue weighted by Gasteiger charge is -2.02. The maximum absolute atomic E-state index is 4.07. The summed E-state index contributed by atoms with van der Waals surface area (Å²) in [7, 11) is 0. The van der Waals surface area contributed by atoms with E-state index in [-0.39, 0.29) is 0 Å². The van der Waals surface area contributed by atoms with Gasteiger partial charge in [0.25, 0.3) is 0 Å². The van der Waals surface area contributed by atoms with Crippen LogP contribution in [-0.4, -0.2) is 12.8 Å². The van der Waals surface area contributed by atoms with Crippen LogP contribution < -0.4 is 0 Å². The maximum Gasteiger partial charge on any atom is 0.0569 e. The predicted molar refractivity (Wildman–Crippen MR) is 36.4 cm³/mol. The van der Waals surface area contributed by atoms with Crippen molar-refractivity contribution >= 4 is 6.21 Å². The molecular weight excluding hydrogens is 98.1 g/mol. The normalized spacial score (nSPS) is 18.4. The summed E-state index contributed by atoms with van der Waals surface area (Å²) in [6.45, 7) is 3.09. The van der Waals surface area contributed by atoms with E-state index in [0.29, 0.717) is 0 Å². The molecule has 0 spiro atoms. The minimum atomic E-state index is 0.906. The van der Waals surface area contributed by atoms with Crippen LogP contribution >= 0.6 is 0 Å². The minimum Gasteiger partial charge on any atom is -0.293 e. The number of hydrogen-bond acceptors (Lipinski definition) is 1. The van der Waals surface area contributed by atoms with Gasteiger partial charge in [-0.25, -0.2) is 0 Å². The molecule has 0 aromatic carbocycles. The number of rotatable bonds is 1. The molecule has 0 aliphatic carbocycles. The van der Waals surface area contributed by atoms with Gasteiger partial charge in [0.1, 0.15) is 0 Å². The molecule has 0 atom stereocenters. The molecule has 1 aliphatic heterocycles. The molecule has 1 aliphatic rings. The molecule has 0 saturated carbocycles. The van der Waals surface area contributed by atoms with Gasteiger partial charge in [-0.15, -0.1) is 0 Å². The van der Waals surface area contributed by atoms with E-state index in [1.54, 1.807) is 0 Å². The topological polar surface area (TPSA) is 12.4 Å². The third-order valence-corrected chi connectivity index (χ3v) is 1.42. The zero-order chi connectivity index (χ0) is 5.82. The van der Waals surface area contributed by atoms with Gasteiger partial charge in [0.15, 0.2) is 0 Å². The highest BCUT2D eigenvalue weighted by atomic mass is 14.7. The second kappa shape index (κ2) is 2.65. The zero-order valence-electron chi connectivity index (χ0n) is 5.22. The van der Waals surface area contributed by atoms with Crippen LogP contribution in [0.4, 0.5) is 0 Å². The van der Waals surface area contributed by atoms with Crippen LogP contribution in [0.5, 0.6) is 0 Å². The summed E-state index contributed by atoms with van der Waals surface area (Å²) in [6, 6.07) is 0. The number of allylic oxidation sites excluding steroid dienone is 1. The lowest BCUT2D eigenvalue weighted by molar-refractivity contribution is 1.01. The van der Waals surface area contributed by atoms with Gasteiger partial charge in [-0.2, -0.15) is 0 Å². The van der Waals surface area contributed by atoms with Crippen LogP contribution in [0.15, 0.2) is 16.6 Å². The SMILES string of the molecule is CCC1=CCN=CC1. The fourth-order valence-electron chi connectivity index (χ4n) is 0.810. The minimum absolute atomic E-state index is 0.906. The van der Waals surface area contributed by atoms with Crippen molar-refractivity contribution in [2.75, 3.05) is 6.54 Å². The van der Waals surface area contributed by atoms with E-state index in [1.165, 1.54) is 12.0 Å². The van der Waals surface area contributed by atoms with Crippen LogP contribution in [0.3, 0.4) is 0 Å². The van der Waals surface area contributed by atoms with E-state index >= 15 is 0 Å². The Morgan fingerprint density at radius 2 is 2.62 bits per heavy atom. The molecule has 0 bridgehead atoms. The summed E-state index contributed by atoms with van der Waals surface area (Å²) >= 11 is 0. The highest BCUT2D eigenvalue weighted by Gasteiger charge is 1.93. The Balaban J connectivity index is 2.43. The van der Waals surface area contributed by atoms with Crippen molar-refractivity contribution in [2.45, 2.75) is 19.8 Å². The summed E-state index contributed by atoms with van der Waals surface area (Å²) in [4.78, 5) is 4.07. The van der Waals surface area contributed by atoms with Crippen LogP contribution in [0.25, 0.3) is 0 Å². The van der Waals surface area contributed by atoms with Gasteiger partial charge < -0.3 is 0 Å². The van der Waals surface area contributed by atoms with Crippen molar-refractivity contribution in [2.24, 2.45) is 4.99 Å². The third-order valence-electron chi connectivity index (χ3n) is 1.42. The average Bonchev–Trinajstić information content (AvgIpc) is 1.90. The first kappa shape index (κ1) is 5.54. The first-order valence-corrected chi connectivity index (χ1v) is 3.09. The summed E-state index contributed by atoms with van der Waals surface area (Å²) in [5, 5.41) is 0. The van der Waals surface area contributed by atoms with E-state index in [1.807, 2.05) is 6.21 Å². The quantitative estimate of drug-likeness (QED) is 0.455. The molecule has 0 aromatic heterocycles. The van der Waals surface area contributed by atoms with E-state index in [9.17, 15) is 0 Å². The van der Waals surface area contributed by atoms with Gasteiger partial charge in [-0.05, 0) is 6.42 Å². The molecule has 0 saturated heterocycles. The first-order chi connectivity index (χ1) is 3.93. The van der Waals surface area contributed by atoms with E-state index < -0.39 is 0 Å². The molecule has 1 rings (SSSR count). The van der Waals surface area contributed by atoms with Gasteiger partial charge in [0, 0.05) is 12.6 Å². The molecular formula is C7H11N. The summed E-state index contributed by atoms with van der Waals surface area (Å²) in [5.41, 5.74) is 1.53. The van der Waals surface area contributed by atoms with Crippen molar-refractivity contribution in [3.8, 4) is 0 Å². The Bertz CT molecular complexity index is 122. The highest BCUT2D eigenvalue weighted by Crippen LogP contribution is 2.06. The fraction of sp³-hybridized carbons (Fsp3) is 0.571. The monoisotopic (exact) mass is 109 g/mol. The third kappa shape index (κ3) is 1.19. The van der Waals surface area contributed by atoms with Gasteiger partial charge >= 0.3 is 0 Å². The van der Waals surface area contributed by atoms with Gasteiger partial charge in [-0.3, -0.25) is 4.99 Å². The Labute approximate surface area is 50.1 Å². The lowest BCUT2D eigenvalue weighted by Crippen LogP contribution is -1.91. The number of hydrogen-bond donors (Lipinski definition) is 0. The fourth-order valence-corrected chi connectivity index (χ4v) is 0.810. The first-order valence-electron chi connectivity index (χ1n) is 3.09. The Kier molecular flexibility index (Phi) is 1.84. The second-order valence-electron chi connectivity index (χ2n) is 1.97. The van der Waals surface area contributed by atoms with Crippen LogP contribution in [0.2, 0.25) is 0 Å². The van der Waals surface area contributed by atoms with Crippen molar-refractivity contribution in [1.82, 2.24) is 0 Å². The van der Waals surface area contributed by atoms with Crippen LogP contribution in [0.1, 0.15) is 19.8 Å². The average molecular weight is 109 g/mol. The standard InChI is InChI=1S/C7H11N/c1-2-7-3-5-8-6-4-7/h3,6H,2,4-5H2,1H3. The van der Waals surface area contributed by atoms with E-state index in [0.717, 1.165) is 13.0 Å². The summed E-state index contributed by atoms with van der Waals surface area (Å²) < 4.78 is 0. The maximum atomic E-state index is 4.07. The number of nitrogens with zero attached hydrogens (tertiary/aromatic N) is 1. The molecule has 0 fully saturated rings. The number of aliphatic imine (C=N–C) groups is 1. The predicted octanol–water partition coefficient (Wildman–Crippen LogP) is 1.80. The summed E-state index contributed by atoms with van der Waals surface area (Å²) in [6.07, 6.45) is 6.47.